The summed E-state index contributed by atoms with van der Waals surface area (Å²) in [5.74, 6) is -1.56. The van der Waals surface area contributed by atoms with Gasteiger partial charge in [-0.05, 0) is 30.3 Å². The fraction of sp³-hybridized carbons (Fsp3) is 0.200. The van der Waals surface area contributed by atoms with Gasteiger partial charge in [0.05, 0.1) is 17.8 Å². The molecule has 0 aliphatic rings. The normalized spacial score (nSPS) is 12.6. The molecule has 16 heteroatoms. The molecule has 4 aromatic rings. The van der Waals surface area contributed by atoms with E-state index in [9.17, 15) is 27.9 Å². The van der Waals surface area contributed by atoms with Crippen LogP contribution in [0.3, 0.4) is 0 Å². The number of carbonyl (C=O) groups is 1. The van der Waals surface area contributed by atoms with E-state index in [1.807, 2.05) is 0 Å². The lowest BCUT2D eigenvalue weighted by Gasteiger charge is -2.15. The number of hydrogen-bond acceptors (Lipinski definition) is 7. The van der Waals surface area contributed by atoms with Crippen molar-refractivity contribution in [2.75, 3.05) is 0 Å². The number of primary amides is 1. The van der Waals surface area contributed by atoms with Crippen LogP contribution in [-0.2, 0) is 13.1 Å². The maximum absolute atomic E-state index is 13.0. The molecule has 0 aliphatic carbocycles. The molecule has 0 radical (unpaired) electrons. The van der Waals surface area contributed by atoms with Gasteiger partial charge in [-0.25, -0.2) is 19.1 Å². The number of hydrogen-bond donors (Lipinski definition) is 2. The fourth-order valence-corrected chi connectivity index (χ4v) is 3.52. The quantitative estimate of drug-likeness (QED) is 0.363. The predicted molar refractivity (Wildman–Crippen MR) is 121 cm³/mol. The third-order valence-corrected chi connectivity index (χ3v) is 5.47. The van der Waals surface area contributed by atoms with Crippen molar-refractivity contribution in [2.24, 2.45) is 5.73 Å². The van der Waals surface area contributed by atoms with Crippen molar-refractivity contribution in [1.82, 2.24) is 34.1 Å². The number of alkyl halides is 3. The van der Waals surface area contributed by atoms with Crippen LogP contribution >= 0.6 is 23.2 Å². The Bertz CT molecular complexity index is 1480. The molecule has 0 unspecified atom stereocenters. The number of amides is 1. The Morgan fingerprint density at radius 3 is 2.44 bits per heavy atom. The maximum atomic E-state index is 13.0. The molecular weight excluding hydrogens is 528 g/mol. The highest BCUT2D eigenvalue weighted by Gasteiger charge is 2.39. The smallest absolute Gasteiger partial charge is 0.382 e. The number of aliphatic hydroxyl groups excluding tert-OH is 1. The van der Waals surface area contributed by atoms with Gasteiger partial charge < -0.3 is 10.8 Å². The summed E-state index contributed by atoms with van der Waals surface area (Å²) in [5.41, 5.74) is 4.85. The van der Waals surface area contributed by atoms with Crippen molar-refractivity contribution in [2.45, 2.75) is 25.4 Å². The van der Waals surface area contributed by atoms with Crippen molar-refractivity contribution >= 4 is 29.1 Å². The van der Waals surface area contributed by atoms with Gasteiger partial charge >= 0.3 is 11.9 Å². The van der Waals surface area contributed by atoms with Gasteiger partial charge in [-0.2, -0.15) is 13.2 Å². The van der Waals surface area contributed by atoms with Crippen LogP contribution in [-0.4, -0.2) is 57.4 Å². The molecule has 188 valence electrons. The third kappa shape index (κ3) is 5.10. The van der Waals surface area contributed by atoms with Crippen molar-refractivity contribution in [3.8, 4) is 17.1 Å². The molecule has 0 saturated heterocycles. The topological polar surface area (TPSA) is 147 Å². The van der Waals surface area contributed by atoms with Gasteiger partial charge in [0.25, 0.3) is 5.91 Å². The highest BCUT2D eigenvalue weighted by Crippen LogP contribution is 2.24. The average molecular weight is 543 g/mol. The molecule has 3 heterocycles. The molecule has 0 aliphatic heterocycles. The number of nitrogens with zero attached hydrogens (tertiary/aromatic N) is 7. The number of rotatable bonds is 7. The van der Waals surface area contributed by atoms with Crippen molar-refractivity contribution < 1.29 is 23.1 Å². The second kappa shape index (κ2) is 9.72. The lowest BCUT2D eigenvalue weighted by Crippen LogP contribution is -2.37. The van der Waals surface area contributed by atoms with Gasteiger partial charge in [0, 0.05) is 16.8 Å². The van der Waals surface area contributed by atoms with E-state index in [0.717, 1.165) is 9.36 Å². The molecule has 0 bridgehead atoms. The third-order valence-electron chi connectivity index (χ3n) is 4.90. The van der Waals surface area contributed by atoms with E-state index in [1.54, 1.807) is 0 Å². The molecule has 1 aromatic carbocycles. The van der Waals surface area contributed by atoms with E-state index >= 15 is 0 Å². The summed E-state index contributed by atoms with van der Waals surface area (Å²) in [7, 11) is 0. The summed E-state index contributed by atoms with van der Waals surface area (Å²) >= 11 is 12.0. The summed E-state index contributed by atoms with van der Waals surface area (Å²) in [5, 5.41) is 18.4. The van der Waals surface area contributed by atoms with Crippen molar-refractivity contribution in [3.63, 3.8) is 0 Å². The monoisotopic (exact) mass is 542 g/mol. The lowest BCUT2D eigenvalue weighted by atomic mass is 10.2. The van der Waals surface area contributed by atoms with Crippen molar-refractivity contribution in [1.29, 1.82) is 0 Å². The van der Waals surface area contributed by atoms with Gasteiger partial charge in [0.1, 0.15) is 12.2 Å². The number of aromatic nitrogens is 7. The molecule has 4 rings (SSSR count). The zero-order chi connectivity index (χ0) is 26.2. The summed E-state index contributed by atoms with van der Waals surface area (Å²) in [6.45, 7) is -1.56. The van der Waals surface area contributed by atoms with Crippen molar-refractivity contribution in [3.05, 3.63) is 74.9 Å². The van der Waals surface area contributed by atoms with Gasteiger partial charge in [-0.3, -0.25) is 14.3 Å². The van der Waals surface area contributed by atoms with E-state index in [-0.39, 0.29) is 33.7 Å². The number of halogens is 5. The molecule has 3 aromatic heterocycles. The second-order valence-electron chi connectivity index (χ2n) is 7.39. The average Bonchev–Trinajstić information content (AvgIpc) is 3.36. The summed E-state index contributed by atoms with van der Waals surface area (Å²) < 4.78 is 41.6. The number of aliphatic hydroxyl groups is 1. The molecule has 1 amide bonds. The fourth-order valence-electron chi connectivity index (χ4n) is 3.21. The Labute approximate surface area is 209 Å². The first-order valence-electron chi connectivity index (χ1n) is 9.99. The molecule has 1 atom stereocenters. The Kier molecular flexibility index (Phi) is 6.84. The van der Waals surface area contributed by atoms with Crippen LogP contribution < -0.4 is 11.4 Å². The van der Waals surface area contributed by atoms with Crippen LogP contribution in [0.5, 0.6) is 0 Å². The molecule has 3 N–H and O–H groups in total. The Balaban J connectivity index is 1.78. The molecule has 0 saturated carbocycles. The zero-order valence-corrected chi connectivity index (χ0v) is 19.4. The summed E-state index contributed by atoms with van der Waals surface area (Å²) in [4.78, 5) is 32.9. The highest BCUT2D eigenvalue weighted by atomic mass is 35.5. The van der Waals surface area contributed by atoms with Gasteiger partial charge in [0.2, 0.25) is 5.82 Å². The van der Waals surface area contributed by atoms with Crippen LogP contribution in [0, 0.1) is 0 Å². The Morgan fingerprint density at radius 1 is 1.14 bits per heavy atom. The SMILES string of the molecule is NC(=O)c1nc(Cn2nc(-c3ccc(Cl)cc3)n(C[C@@H](O)C(F)(F)F)c2=O)nn1-c1cnccc1Cl. The maximum Gasteiger partial charge on any atom is 0.416 e. The first kappa shape index (κ1) is 25.3. The van der Waals surface area contributed by atoms with Crippen LogP contribution in [0.15, 0.2) is 47.5 Å². The minimum Gasteiger partial charge on any atom is -0.382 e. The van der Waals surface area contributed by atoms with Gasteiger partial charge in [-0.1, -0.05) is 23.2 Å². The van der Waals surface area contributed by atoms with Crippen LogP contribution in [0.25, 0.3) is 17.1 Å². The molecule has 0 fully saturated rings. The second-order valence-corrected chi connectivity index (χ2v) is 8.24. The standard InChI is InChI=1S/C20H15Cl2F3N8O3/c21-11-3-1-10(2-4-11)17-30-32(19(36)31(17)8-14(34)20(23,24)25)9-15-28-18(16(26)35)33(29-15)13-7-27-6-5-12(13)22/h1-7,14,34H,8-9H2,(H2,26,35)/t14-/m1/s1. The largest absolute Gasteiger partial charge is 0.416 e. The van der Waals surface area contributed by atoms with E-state index in [1.165, 1.54) is 42.7 Å². The Morgan fingerprint density at radius 2 is 1.83 bits per heavy atom. The summed E-state index contributed by atoms with van der Waals surface area (Å²) in [6, 6.07) is 7.27. The van der Waals surface area contributed by atoms with Crippen LogP contribution in [0.4, 0.5) is 13.2 Å². The molecular formula is C20H15Cl2F3N8O3. The highest BCUT2D eigenvalue weighted by molar-refractivity contribution is 6.32. The minimum atomic E-state index is -4.97. The number of benzene rings is 1. The first-order valence-corrected chi connectivity index (χ1v) is 10.7. The Hall–Kier alpha value is -3.75. The molecule has 11 nitrogen and oxygen atoms in total. The lowest BCUT2D eigenvalue weighted by molar-refractivity contribution is -0.207. The number of nitrogens with two attached hydrogens (primary N) is 1. The van der Waals surface area contributed by atoms with E-state index in [4.69, 9.17) is 28.9 Å². The number of pyridine rings is 1. The van der Waals surface area contributed by atoms with Crippen LogP contribution in [0.1, 0.15) is 16.4 Å². The minimum absolute atomic E-state index is 0.116. The van der Waals surface area contributed by atoms with E-state index < -0.39 is 37.0 Å². The number of carbonyl (C=O) groups excluding carboxylic acids is 1. The van der Waals surface area contributed by atoms with Crippen LogP contribution in [0.2, 0.25) is 10.0 Å². The first-order chi connectivity index (χ1) is 17.0. The predicted octanol–water partition coefficient (Wildman–Crippen LogP) is 2.06. The molecule has 0 spiro atoms. The summed E-state index contributed by atoms with van der Waals surface area (Å²) in [6.07, 6.45) is -5.08. The van der Waals surface area contributed by atoms with Gasteiger partial charge in [-0.15, -0.1) is 10.2 Å². The zero-order valence-electron chi connectivity index (χ0n) is 17.9. The molecule has 36 heavy (non-hydrogen) atoms. The van der Waals surface area contributed by atoms with E-state index in [2.05, 4.69) is 20.2 Å². The van der Waals surface area contributed by atoms with Gasteiger partial charge in [0.15, 0.2) is 17.8 Å². The van der Waals surface area contributed by atoms with E-state index in [0.29, 0.717) is 9.59 Å².